The third kappa shape index (κ3) is 4.21. The number of nitrogens with zero attached hydrogens (tertiary/aromatic N) is 3. The minimum atomic E-state index is -3.41. The van der Waals surface area contributed by atoms with Gasteiger partial charge in [-0.3, -0.25) is 0 Å². The van der Waals surface area contributed by atoms with Crippen LogP contribution in [0.25, 0.3) is 0 Å². The lowest BCUT2D eigenvalue weighted by Crippen LogP contribution is -2.53. The molecule has 2 amide bonds. The Hall–Kier alpha value is -1.64. The Morgan fingerprint density at radius 2 is 1.87 bits per heavy atom. The van der Waals surface area contributed by atoms with E-state index in [0.29, 0.717) is 26.2 Å². The van der Waals surface area contributed by atoms with Crippen LogP contribution in [0.3, 0.4) is 0 Å². The first-order valence-electron chi connectivity index (χ1n) is 7.67. The van der Waals surface area contributed by atoms with Crippen LogP contribution in [0.5, 0.6) is 0 Å². The summed E-state index contributed by atoms with van der Waals surface area (Å²) in [5, 5.41) is 2.87. The van der Waals surface area contributed by atoms with Gasteiger partial charge in [0.15, 0.2) is 0 Å². The predicted molar refractivity (Wildman–Crippen MR) is 90.6 cm³/mol. The minimum absolute atomic E-state index is 0.194. The number of carbonyl (C=O) groups excluding carboxylic acids is 1. The molecule has 2 rings (SSSR count). The molecule has 1 fully saturated rings. The van der Waals surface area contributed by atoms with Crippen molar-refractivity contribution in [2.45, 2.75) is 13.3 Å². The van der Waals surface area contributed by atoms with Crippen LogP contribution in [-0.2, 0) is 16.6 Å². The number of carbonyl (C=O) groups is 1. The van der Waals surface area contributed by atoms with Crippen LogP contribution in [0.15, 0.2) is 24.3 Å². The second-order valence-electron chi connectivity index (χ2n) is 5.66. The smallest absolute Gasteiger partial charge is 0.321 e. The normalized spacial score (nSPS) is 16.6. The molecular formula is C15H24N4O3S. The van der Waals surface area contributed by atoms with Gasteiger partial charge < -0.3 is 10.2 Å². The summed E-state index contributed by atoms with van der Waals surface area (Å²) in [5.74, 6) is 0. The number of hydrogen-bond acceptors (Lipinski definition) is 3. The third-order valence-electron chi connectivity index (χ3n) is 3.90. The van der Waals surface area contributed by atoms with E-state index in [0.717, 1.165) is 17.7 Å². The molecule has 0 atom stereocenters. The molecule has 0 aromatic heterocycles. The van der Waals surface area contributed by atoms with Crippen molar-refractivity contribution in [2.75, 3.05) is 45.6 Å². The second kappa shape index (κ2) is 7.29. The van der Waals surface area contributed by atoms with E-state index >= 15 is 0 Å². The van der Waals surface area contributed by atoms with E-state index in [1.54, 1.807) is 4.90 Å². The summed E-state index contributed by atoms with van der Waals surface area (Å²) in [6.07, 6.45) is 0.908. The van der Waals surface area contributed by atoms with Crippen molar-refractivity contribution in [3.05, 3.63) is 29.8 Å². The summed E-state index contributed by atoms with van der Waals surface area (Å²) in [5.41, 5.74) is 1.92. The van der Waals surface area contributed by atoms with Gasteiger partial charge in [0.25, 0.3) is 10.2 Å². The SMILES string of the molecule is CCc1cccc(NC(=O)N2CCN(S(=O)(=O)N(C)C)CC2)c1. The Bertz CT molecular complexity index is 652. The highest BCUT2D eigenvalue weighted by Crippen LogP contribution is 2.14. The Morgan fingerprint density at radius 3 is 2.43 bits per heavy atom. The van der Waals surface area contributed by atoms with Crippen molar-refractivity contribution in [1.29, 1.82) is 0 Å². The third-order valence-corrected chi connectivity index (χ3v) is 5.84. The molecule has 128 valence electrons. The Kier molecular flexibility index (Phi) is 5.61. The minimum Gasteiger partial charge on any atom is -0.322 e. The largest absolute Gasteiger partial charge is 0.322 e. The van der Waals surface area contributed by atoms with Gasteiger partial charge in [-0.05, 0) is 24.1 Å². The maximum Gasteiger partial charge on any atom is 0.321 e. The van der Waals surface area contributed by atoms with Gasteiger partial charge in [-0.15, -0.1) is 0 Å². The van der Waals surface area contributed by atoms with Crippen LogP contribution in [0.2, 0.25) is 0 Å². The summed E-state index contributed by atoms with van der Waals surface area (Å²) < 4.78 is 26.7. The highest BCUT2D eigenvalue weighted by molar-refractivity contribution is 7.86. The number of rotatable bonds is 4. The number of piperazine rings is 1. The zero-order chi connectivity index (χ0) is 17.0. The Labute approximate surface area is 138 Å². The highest BCUT2D eigenvalue weighted by Gasteiger charge is 2.30. The van der Waals surface area contributed by atoms with Gasteiger partial charge in [0, 0.05) is 46.0 Å². The molecule has 1 aromatic carbocycles. The van der Waals surface area contributed by atoms with Crippen LogP contribution in [0, 0.1) is 0 Å². The fraction of sp³-hybridized carbons (Fsp3) is 0.533. The molecule has 0 radical (unpaired) electrons. The molecule has 8 heteroatoms. The molecular weight excluding hydrogens is 316 g/mol. The van der Waals surface area contributed by atoms with Crippen LogP contribution in [0.1, 0.15) is 12.5 Å². The summed E-state index contributed by atoms with van der Waals surface area (Å²) in [6.45, 7) is 3.44. The van der Waals surface area contributed by atoms with E-state index in [1.807, 2.05) is 24.3 Å². The maximum absolute atomic E-state index is 12.3. The van der Waals surface area contributed by atoms with Crippen molar-refractivity contribution < 1.29 is 13.2 Å². The van der Waals surface area contributed by atoms with Crippen molar-refractivity contribution in [1.82, 2.24) is 13.5 Å². The van der Waals surface area contributed by atoms with Crippen molar-refractivity contribution >= 4 is 21.9 Å². The molecule has 0 spiro atoms. The van der Waals surface area contributed by atoms with E-state index in [2.05, 4.69) is 12.2 Å². The molecule has 1 heterocycles. The molecule has 1 aliphatic heterocycles. The monoisotopic (exact) mass is 340 g/mol. The zero-order valence-electron chi connectivity index (χ0n) is 13.8. The lowest BCUT2D eigenvalue weighted by molar-refractivity contribution is 0.182. The second-order valence-corrected chi connectivity index (χ2v) is 7.80. The van der Waals surface area contributed by atoms with Crippen LogP contribution in [0.4, 0.5) is 10.5 Å². The Morgan fingerprint density at radius 1 is 1.22 bits per heavy atom. The molecule has 0 unspecified atom stereocenters. The van der Waals surface area contributed by atoms with Crippen molar-refractivity contribution in [3.63, 3.8) is 0 Å². The molecule has 1 saturated heterocycles. The van der Waals surface area contributed by atoms with E-state index in [-0.39, 0.29) is 6.03 Å². The standard InChI is InChI=1S/C15H24N4O3S/c1-4-13-6-5-7-14(12-13)16-15(20)18-8-10-19(11-9-18)23(21,22)17(2)3/h5-7,12H,4,8-11H2,1-3H3,(H,16,20). The van der Waals surface area contributed by atoms with Crippen LogP contribution in [-0.4, -0.2) is 68.2 Å². The lowest BCUT2D eigenvalue weighted by atomic mass is 10.1. The van der Waals surface area contributed by atoms with Gasteiger partial charge in [-0.2, -0.15) is 17.0 Å². The molecule has 23 heavy (non-hydrogen) atoms. The lowest BCUT2D eigenvalue weighted by Gasteiger charge is -2.35. The predicted octanol–water partition coefficient (Wildman–Crippen LogP) is 1.20. The van der Waals surface area contributed by atoms with Crippen LogP contribution >= 0.6 is 0 Å². The fourth-order valence-electron chi connectivity index (χ4n) is 2.42. The Balaban J connectivity index is 1.93. The van der Waals surface area contributed by atoms with Crippen LogP contribution < -0.4 is 5.32 Å². The molecule has 0 bridgehead atoms. The summed E-state index contributed by atoms with van der Waals surface area (Å²) in [4.78, 5) is 13.9. The molecule has 0 aliphatic carbocycles. The highest BCUT2D eigenvalue weighted by atomic mass is 32.2. The van der Waals surface area contributed by atoms with Gasteiger partial charge in [-0.25, -0.2) is 4.79 Å². The van der Waals surface area contributed by atoms with E-state index in [1.165, 1.54) is 22.7 Å². The first kappa shape index (κ1) is 17.7. The van der Waals surface area contributed by atoms with Gasteiger partial charge in [0.05, 0.1) is 0 Å². The molecule has 1 N–H and O–H groups in total. The molecule has 7 nitrogen and oxygen atoms in total. The first-order valence-corrected chi connectivity index (χ1v) is 9.06. The molecule has 1 aromatic rings. The summed E-state index contributed by atoms with van der Waals surface area (Å²) in [6, 6.07) is 7.53. The van der Waals surface area contributed by atoms with Gasteiger partial charge >= 0.3 is 6.03 Å². The zero-order valence-corrected chi connectivity index (χ0v) is 14.6. The van der Waals surface area contributed by atoms with E-state index < -0.39 is 10.2 Å². The summed E-state index contributed by atoms with van der Waals surface area (Å²) in [7, 11) is -0.391. The fourth-order valence-corrected chi connectivity index (χ4v) is 3.51. The molecule has 1 aliphatic rings. The van der Waals surface area contributed by atoms with Gasteiger partial charge in [0.1, 0.15) is 0 Å². The molecule has 0 saturated carbocycles. The first-order chi connectivity index (χ1) is 10.8. The van der Waals surface area contributed by atoms with Crippen molar-refractivity contribution in [2.24, 2.45) is 0 Å². The quantitative estimate of drug-likeness (QED) is 0.895. The van der Waals surface area contributed by atoms with Crippen molar-refractivity contribution in [3.8, 4) is 0 Å². The maximum atomic E-state index is 12.3. The number of hydrogen-bond donors (Lipinski definition) is 1. The number of amides is 2. The number of anilines is 1. The van der Waals surface area contributed by atoms with E-state index in [4.69, 9.17) is 0 Å². The van der Waals surface area contributed by atoms with Gasteiger partial charge in [-0.1, -0.05) is 19.1 Å². The number of urea groups is 1. The average molecular weight is 340 g/mol. The topological polar surface area (TPSA) is 73.0 Å². The number of aryl methyl sites for hydroxylation is 1. The average Bonchev–Trinajstić information content (AvgIpc) is 2.55. The number of benzene rings is 1. The van der Waals surface area contributed by atoms with E-state index in [9.17, 15) is 13.2 Å². The summed E-state index contributed by atoms with van der Waals surface area (Å²) >= 11 is 0. The van der Waals surface area contributed by atoms with Gasteiger partial charge in [0.2, 0.25) is 0 Å². The number of nitrogens with one attached hydrogen (secondary N) is 1.